The smallest absolute Gasteiger partial charge is 0.253 e. The van der Waals surface area contributed by atoms with Gasteiger partial charge in [0.05, 0.1) is 11.4 Å². The molecule has 0 aliphatic carbocycles. The van der Waals surface area contributed by atoms with Gasteiger partial charge < -0.3 is 16.0 Å². The first-order valence-electron chi connectivity index (χ1n) is 7.12. The zero-order valence-electron chi connectivity index (χ0n) is 12.9. The Labute approximate surface area is 121 Å². The van der Waals surface area contributed by atoms with Gasteiger partial charge in [-0.1, -0.05) is 39.8 Å². The number of hydrogen-bond acceptors (Lipinski definition) is 3. The van der Waals surface area contributed by atoms with Crippen molar-refractivity contribution in [1.29, 1.82) is 0 Å². The van der Waals surface area contributed by atoms with Crippen molar-refractivity contribution < 1.29 is 9.59 Å². The van der Waals surface area contributed by atoms with Crippen molar-refractivity contribution in [2.45, 2.75) is 40.7 Å². The Morgan fingerprint density at radius 3 is 2.25 bits per heavy atom. The zero-order chi connectivity index (χ0) is 15.7. The van der Waals surface area contributed by atoms with Gasteiger partial charge in [0.1, 0.15) is 0 Å². The number of carbonyl (C=O) groups is 2. The summed E-state index contributed by atoms with van der Waals surface area (Å²) in [6.07, 6.45) is 0. The fraction of sp³-hybridized carbons (Fsp3) is 0.467. The summed E-state index contributed by atoms with van der Waals surface area (Å²) in [6.45, 7) is 10.3. The van der Waals surface area contributed by atoms with Crippen molar-refractivity contribution in [2.75, 3.05) is 16.8 Å². The molecule has 1 aliphatic heterocycles. The molecule has 0 radical (unpaired) electrons. The van der Waals surface area contributed by atoms with Crippen molar-refractivity contribution in [3.05, 3.63) is 24.3 Å². The Morgan fingerprint density at radius 1 is 1.15 bits per heavy atom. The summed E-state index contributed by atoms with van der Waals surface area (Å²) < 4.78 is 0. The third-order valence-corrected chi connectivity index (χ3v) is 2.58. The number of hydrogen-bond donors (Lipinski definition) is 2. The minimum atomic E-state index is -1.13. The molecule has 3 N–H and O–H groups in total. The number of anilines is 2. The highest BCUT2D eigenvalue weighted by Crippen LogP contribution is 2.28. The number of benzene rings is 1. The molecule has 5 heteroatoms. The van der Waals surface area contributed by atoms with Gasteiger partial charge >= 0.3 is 0 Å². The third-order valence-electron chi connectivity index (χ3n) is 2.58. The van der Waals surface area contributed by atoms with E-state index in [-0.39, 0.29) is 5.91 Å². The molecule has 1 aromatic rings. The Balaban J connectivity index is 0.000000829. The van der Waals surface area contributed by atoms with Crippen molar-refractivity contribution in [3.8, 4) is 0 Å². The number of nitrogens with zero attached hydrogens (tertiary/aromatic N) is 1. The molecule has 0 fully saturated rings. The van der Waals surface area contributed by atoms with Gasteiger partial charge in [0.2, 0.25) is 0 Å². The Hall–Kier alpha value is -1.88. The number of fused-ring (bicyclic) bond motifs is 1. The van der Waals surface area contributed by atoms with Gasteiger partial charge in [-0.05, 0) is 19.1 Å². The molecule has 0 aromatic heterocycles. The topological polar surface area (TPSA) is 75.4 Å². The van der Waals surface area contributed by atoms with E-state index in [0.717, 1.165) is 0 Å². The fourth-order valence-electron chi connectivity index (χ4n) is 1.75. The molecular weight excluding hydrogens is 254 g/mol. The van der Waals surface area contributed by atoms with Crippen molar-refractivity contribution in [2.24, 2.45) is 5.73 Å². The highest BCUT2D eigenvalue weighted by molar-refractivity contribution is 6.19. The van der Waals surface area contributed by atoms with Gasteiger partial charge in [-0.15, -0.1) is 0 Å². The maximum atomic E-state index is 11.9. The molecule has 1 unspecified atom stereocenters. The van der Waals surface area contributed by atoms with E-state index in [2.05, 4.69) is 5.32 Å². The molecule has 0 bridgehead atoms. The Bertz CT molecular complexity index is 446. The number of para-hydroxylation sites is 2. The van der Waals surface area contributed by atoms with Crippen LogP contribution in [0.2, 0.25) is 0 Å². The number of nitrogens with two attached hydrogens (primary N) is 1. The molecule has 0 spiro atoms. The molecule has 1 aromatic carbocycles. The van der Waals surface area contributed by atoms with Crippen LogP contribution >= 0.6 is 0 Å². The fourth-order valence-corrected chi connectivity index (χ4v) is 1.75. The van der Waals surface area contributed by atoms with Crippen LogP contribution in [0.15, 0.2) is 24.3 Å². The molecule has 1 heterocycles. The van der Waals surface area contributed by atoms with E-state index in [9.17, 15) is 9.59 Å². The molecule has 5 nitrogen and oxygen atoms in total. The molecule has 20 heavy (non-hydrogen) atoms. The molecule has 2 rings (SSSR count). The summed E-state index contributed by atoms with van der Waals surface area (Å²) in [5.74, 6) is -0.835. The van der Waals surface area contributed by atoms with E-state index < -0.39 is 11.9 Å². The van der Waals surface area contributed by atoms with Crippen molar-refractivity contribution >= 4 is 23.2 Å². The van der Waals surface area contributed by atoms with Gasteiger partial charge in [0, 0.05) is 6.54 Å². The maximum Gasteiger partial charge on any atom is 0.253 e. The van der Waals surface area contributed by atoms with Crippen LogP contribution in [0.25, 0.3) is 0 Å². The van der Waals surface area contributed by atoms with Crippen LogP contribution < -0.4 is 16.0 Å². The molecule has 112 valence electrons. The molecular formula is C15H25N3O2. The lowest BCUT2D eigenvalue weighted by molar-refractivity contribution is -0.126. The standard InChI is InChI=1S/C11H13N3O2.2C2H6/c1-2-14-8-6-4-3-5-7(8)13-10(15)9(12)11(14)16;2*1-2/h3-6,9H,2,12H2,1H3,(H,13,15);2*1-2H3. The van der Waals surface area contributed by atoms with E-state index in [1.165, 1.54) is 4.90 Å². The number of amides is 2. The third kappa shape index (κ3) is 3.81. The first-order chi connectivity index (χ1) is 9.65. The molecule has 1 aliphatic rings. The summed E-state index contributed by atoms with van der Waals surface area (Å²) in [4.78, 5) is 25.0. The van der Waals surface area contributed by atoms with Gasteiger partial charge in [0.25, 0.3) is 11.8 Å². The van der Waals surface area contributed by atoms with Gasteiger partial charge in [-0.2, -0.15) is 0 Å². The number of rotatable bonds is 1. The summed E-state index contributed by atoms with van der Waals surface area (Å²) >= 11 is 0. The highest BCUT2D eigenvalue weighted by atomic mass is 16.2. The van der Waals surface area contributed by atoms with Crippen LogP contribution in [0, 0.1) is 0 Å². The Morgan fingerprint density at radius 2 is 1.70 bits per heavy atom. The second kappa shape index (κ2) is 9.09. The number of carbonyl (C=O) groups excluding carboxylic acids is 2. The predicted molar refractivity (Wildman–Crippen MR) is 83.8 cm³/mol. The van der Waals surface area contributed by atoms with E-state index in [4.69, 9.17) is 5.73 Å². The molecule has 0 saturated heterocycles. The Kier molecular flexibility index (Phi) is 8.24. The van der Waals surface area contributed by atoms with Crippen LogP contribution in [0.3, 0.4) is 0 Å². The van der Waals surface area contributed by atoms with E-state index >= 15 is 0 Å². The van der Waals surface area contributed by atoms with Gasteiger partial charge in [-0.25, -0.2) is 0 Å². The van der Waals surface area contributed by atoms with Gasteiger partial charge in [-0.3, -0.25) is 9.59 Å². The minimum absolute atomic E-state index is 0.370. The monoisotopic (exact) mass is 279 g/mol. The van der Waals surface area contributed by atoms with Crippen LogP contribution in [0.4, 0.5) is 11.4 Å². The molecule has 2 amide bonds. The lowest BCUT2D eigenvalue weighted by Crippen LogP contribution is -2.48. The maximum absolute atomic E-state index is 11.9. The minimum Gasteiger partial charge on any atom is -0.322 e. The first-order valence-corrected chi connectivity index (χ1v) is 7.12. The lowest BCUT2D eigenvalue weighted by Gasteiger charge is -2.21. The van der Waals surface area contributed by atoms with Gasteiger partial charge in [0.15, 0.2) is 6.04 Å². The van der Waals surface area contributed by atoms with Crippen LogP contribution in [0.1, 0.15) is 34.6 Å². The highest BCUT2D eigenvalue weighted by Gasteiger charge is 2.32. The lowest BCUT2D eigenvalue weighted by atomic mass is 10.2. The van der Waals surface area contributed by atoms with Crippen molar-refractivity contribution in [3.63, 3.8) is 0 Å². The quantitative estimate of drug-likeness (QED) is 0.775. The van der Waals surface area contributed by atoms with Crippen LogP contribution in [0.5, 0.6) is 0 Å². The van der Waals surface area contributed by atoms with E-state index in [1.54, 1.807) is 18.2 Å². The van der Waals surface area contributed by atoms with Crippen LogP contribution in [-0.4, -0.2) is 24.4 Å². The average Bonchev–Trinajstić information content (AvgIpc) is 2.60. The first kappa shape index (κ1) is 18.1. The largest absolute Gasteiger partial charge is 0.322 e. The average molecular weight is 279 g/mol. The summed E-state index contributed by atoms with van der Waals surface area (Å²) in [6, 6.07) is 6.02. The van der Waals surface area contributed by atoms with Crippen LogP contribution in [-0.2, 0) is 9.59 Å². The summed E-state index contributed by atoms with van der Waals surface area (Å²) in [7, 11) is 0. The SMILES string of the molecule is CC.CC.CCN1C(=O)C(N)C(=O)Nc2ccccc21. The second-order valence-corrected chi connectivity index (χ2v) is 3.57. The second-order valence-electron chi connectivity index (χ2n) is 3.57. The number of nitrogens with one attached hydrogen (secondary N) is 1. The molecule has 1 atom stereocenters. The van der Waals surface area contributed by atoms with Crippen molar-refractivity contribution in [1.82, 2.24) is 0 Å². The van der Waals surface area contributed by atoms with E-state index in [0.29, 0.717) is 17.9 Å². The number of likely N-dealkylation sites (N-methyl/N-ethyl adjacent to an activating group) is 1. The predicted octanol–water partition coefficient (Wildman–Crippen LogP) is 2.37. The van der Waals surface area contributed by atoms with E-state index in [1.807, 2.05) is 40.7 Å². The zero-order valence-corrected chi connectivity index (χ0v) is 12.9. The summed E-state index contributed by atoms with van der Waals surface area (Å²) in [5.41, 5.74) is 6.88. The normalized spacial score (nSPS) is 16.7. The summed E-state index contributed by atoms with van der Waals surface area (Å²) in [5, 5.41) is 2.64. The molecule has 0 saturated carbocycles.